The third-order valence-corrected chi connectivity index (χ3v) is 7.64. The first kappa shape index (κ1) is 21.8. The van der Waals surface area contributed by atoms with E-state index in [1.165, 1.54) is 21.8 Å². The zero-order chi connectivity index (χ0) is 25.8. The maximum absolute atomic E-state index is 2.45. The maximum Gasteiger partial charge on any atom is 0.0783 e. The Morgan fingerprint density at radius 1 is 0.308 bits per heavy atom. The van der Waals surface area contributed by atoms with Gasteiger partial charge in [-0.1, -0.05) is 84.9 Å². The molecule has 39 heavy (non-hydrogen) atoms. The number of aromatic nitrogens is 1. The Morgan fingerprint density at radius 3 is 1.15 bits per heavy atom. The second-order valence-corrected chi connectivity index (χ2v) is 9.88. The highest BCUT2D eigenvalue weighted by Gasteiger charge is 2.27. The van der Waals surface area contributed by atoms with Crippen LogP contribution in [0.4, 0.5) is 34.1 Å². The minimum atomic E-state index is 1.12. The summed E-state index contributed by atoms with van der Waals surface area (Å²) in [5.41, 5.74) is 10.3. The van der Waals surface area contributed by atoms with Gasteiger partial charge in [-0.05, 0) is 66.7 Å². The van der Waals surface area contributed by atoms with Crippen molar-refractivity contribution >= 4 is 55.9 Å². The largest absolute Gasteiger partial charge is 0.308 e. The summed E-state index contributed by atoms with van der Waals surface area (Å²) >= 11 is 0. The van der Waals surface area contributed by atoms with E-state index < -0.39 is 0 Å². The van der Waals surface area contributed by atoms with Gasteiger partial charge >= 0.3 is 0 Å². The number of hydrogen-bond donors (Lipinski definition) is 0. The molecule has 1 aliphatic rings. The molecule has 0 saturated carbocycles. The Hall–Kier alpha value is -5.28. The summed E-state index contributed by atoms with van der Waals surface area (Å²) in [5, 5.41) is 2.47. The van der Waals surface area contributed by atoms with E-state index in [4.69, 9.17) is 0 Å². The molecule has 1 aliphatic heterocycles. The van der Waals surface area contributed by atoms with Crippen LogP contribution in [0.5, 0.6) is 0 Å². The van der Waals surface area contributed by atoms with Gasteiger partial charge in [0.2, 0.25) is 0 Å². The zero-order valence-electron chi connectivity index (χ0n) is 21.3. The van der Waals surface area contributed by atoms with Gasteiger partial charge in [0.05, 0.1) is 22.4 Å². The molecular weight excluding hydrogens is 474 g/mol. The Bertz CT molecular complexity index is 1840. The fraction of sp³-hybridized carbons (Fsp3) is 0. The molecule has 0 aliphatic carbocycles. The molecule has 2 heterocycles. The monoisotopic (exact) mass is 499 g/mol. The van der Waals surface area contributed by atoms with Gasteiger partial charge in [-0.2, -0.15) is 0 Å². The number of fused-ring (bicyclic) bond motifs is 3. The Balaban J connectivity index is 1.62. The number of anilines is 6. The van der Waals surface area contributed by atoms with Crippen molar-refractivity contribution in [3.8, 4) is 5.69 Å². The van der Waals surface area contributed by atoms with Gasteiger partial charge in [0.1, 0.15) is 0 Å². The van der Waals surface area contributed by atoms with Crippen molar-refractivity contribution in [2.24, 2.45) is 0 Å². The molecule has 0 radical (unpaired) electrons. The molecule has 0 unspecified atom stereocenters. The lowest BCUT2D eigenvalue weighted by Gasteiger charge is -2.31. The highest BCUT2D eigenvalue weighted by Crippen LogP contribution is 2.49. The van der Waals surface area contributed by atoms with E-state index in [9.17, 15) is 0 Å². The molecule has 0 amide bonds. The van der Waals surface area contributed by atoms with E-state index in [1.807, 2.05) is 0 Å². The number of benzene rings is 6. The van der Waals surface area contributed by atoms with Gasteiger partial charge in [-0.25, -0.2) is 0 Å². The summed E-state index contributed by atoms with van der Waals surface area (Å²) in [6.45, 7) is 0. The van der Waals surface area contributed by atoms with Gasteiger partial charge in [0.15, 0.2) is 0 Å². The van der Waals surface area contributed by atoms with E-state index in [2.05, 4.69) is 166 Å². The highest BCUT2D eigenvalue weighted by atomic mass is 15.2. The first-order valence-electron chi connectivity index (χ1n) is 13.3. The minimum Gasteiger partial charge on any atom is -0.308 e. The lowest BCUT2D eigenvalue weighted by Crippen LogP contribution is -2.16. The molecule has 1 aromatic heterocycles. The van der Waals surface area contributed by atoms with E-state index >= 15 is 0 Å². The summed E-state index contributed by atoms with van der Waals surface area (Å²) in [7, 11) is 0. The number of nitrogens with zero attached hydrogens (tertiary/aromatic N) is 3. The average Bonchev–Trinajstić information content (AvgIpc) is 3.35. The van der Waals surface area contributed by atoms with Crippen molar-refractivity contribution in [3.05, 3.63) is 152 Å². The van der Waals surface area contributed by atoms with Crippen molar-refractivity contribution in [1.29, 1.82) is 0 Å². The molecule has 0 saturated heterocycles. The molecule has 0 fully saturated rings. The molecule has 0 N–H and O–H groups in total. The van der Waals surface area contributed by atoms with Crippen LogP contribution >= 0.6 is 0 Å². The van der Waals surface area contributed by atoms with Crippen molar-refractivity contribution in [1.82, 2.24) is 4.57 Å². The molecule has 0 spiro atoms. The van der Waals surface area contributed by atoms with E-state index in [-0.39, 0.29) is 0 Å². The summed E-state index contributed by atoms with van der Waals surface area (Å²) in [5.74, 6) is 0. The molecule has 3 heteroatoms. The van der Waals surface area contributed by atoms with Crippen LogP contribution in [-0.2, 0) is 0 Å². The first-order chi connectivity index (χ1) is 19.4. The smallest absolute Gasteiger partial charge is 0.0783 e. The summed E-state index contributed by atoms with van der Waals surface area (Å²) in [4.78, 5) is 4.77. The molecule has 6 aromatic carbocycles. The van der Waals surface area contributed by atoms with Crippen LogP contribution in [-0.4, -0.2) is 4.57 Å². The Morgan fingerprint density at radius 2 is 0.692 bits per heavy atom. The third kappa shape index (κ3) is 3.30. The first-order valence-corrected chi connectivity index (χ1v) is 13.3. The molecule has 7 aromatic rings. The van der Waals surface area contributed by atoms with Crippen molar-refractivity contribution in [2.45, 2.75) is 0 Å². The van der Waals surface area contributed by atoms with Gasteiger partial charge in [0.25, 0.3) is 0 Å². The normalized spacial score (nSPS) is 12.5. The maximum atomic E-state index is 2.45. The van der Waals surface area contributed by atoms with Gasteiger partial charge in [-0.3, -0.25) is 0 Å². The van der Waals surface area contributed by atoms with E-state index in [1.54, 1.807) is 0 Å². The number of para-hydroxylation sites is 5. The lowest BCUT2D eigenvalue weighted by atomic mass is 10.1. The highest BCUT2D eigenvalue weighted by molar-refractivity contribution is 6.18. The van der Waals surface area contributed by atoms with Crippen LogP contribution in [0.25, 0.3) is 27.5 Å². The van der Waals surface area contributed by atoms with Crippen LogP contribution in [0.1, 0.15) is 0 Å². The quantitative estimate of drug-likeness (QED) is 0.240. The van der Waals surface area contributed by atoms with Crippen LogP contribution in [0.15, 0.2) is 152 Å². The zero-order valence-corrected chi connectivity index (χ0v) is 21.3. The second-order valence-electron chi connectivity index (χ2n) is 9.88. The Labute approximate surface area is 227 Å². The fourth-order valence-corrected chi connectivity index (χ4v) is 6.06. The SMILES string of the molecule is c1ccc(N2c3cccc(c3)N(c3ccccc3)c3cccc4c5cccc2c5n(-c2ccccc2)c34)cc1. The molecular formula is C36H25N3. The summed E-state index contributed by atoms with van der Waals surface area (Å²) in [6, 6.07) is 54.3. The number of hydrogen-bond acceptors (Lipinski definition) is 2. The fourth-order valence-electron chi connectivity index (χ4n) is 6.06. The number of rotatable bonds is 3. The molecule has 184 valence electrons. The summed E-state index contributed by atoms with van der Waals surface area (Å²) in [6.07, 6.45) is 0. The molecule has 4 bridgehead atoms. The summed E-state index contributed by atoms with van der Waals surface area (Å²) < 4.78 is 2.45. The predicted molar refractivity (Wildman–Crippen MR) is 164 cm³/mol. The van der Waals surface area contributed by atoms with Crippen molar-refractivity contribution < 1.29 is 0 Å². The predicted octanol–water partition coefficient (Wildman–Crippen LogP) is 10.0. The van der Waals surface area contributed by atoms with Crippen LogP contribution in [0.2, 0.25) is 0 Å². The molecule has 3 nitrogen and oxygen atoms in total. The van der Waals surface area contributed by atoms with Gasteiger partial charge in [-0.15, -0.1) is 0 Å². The average molecular weight is 500 g/mol. The van der Waals surface area contributed by atoms with Crippen molar-refractivity contribution in [2.75, 3.05) is 9.80 Å². The topological polar surface area (TPSA) is 11.4 Å². The van der Waals surface area contributed by atoms with Gasteiger partial charge < -0.3 is 14.4 Å². The van der Waals surface area contributed by atoms with Crippen LogP contribution < -0.4 is 9.80 Å². The van der Waals surface area contributed by atoms with Crippen LogP contribution in [0, 0.1) is 0 Å². The van der Waals surface area contributed by atoms with E-state index in [0.717, 1.165) is 39.8 Å². The Kier molecular flexibility index (Phi) is 4.82. The van der Waals surface area contributed by atoms with Gasteiger partial charge in [0, 0.05) is 39.2 Å². The molecule has 0 atom stereocenters. The lowest BCUT2D eigenvalue weighted by molar-refractivity contribution is 1.15. The van der Waals surface area contributed by atoms with Crippen LogP contribution in [0.3, 0.4) is 0 Å². The minimum absolute atomic E-state index is 1.12. The van der Waals surface area contributed by atoms with Crippen molar-refractivity contribution in [3.63, 3.8) is 0 Å². The molecule has 8 rings (SSSR count). The standard InChI is InChI=1S/C36H25N3/c1-4-13-26(14-5-1)37-29-19-10-20-30(25-29)38(27-15-6-2-7-16-27)34-24-12-22-32-31-21-11-23-33(37)35(31)39(36(32)34)28-17-8-3-9-18-28/h1-25H. The third-order valence-electron chi connectivity index (χ3n) is 7.64. The van der Waals surface area contributed by atoms with E-state index in [0.29, 0.717) is 0 Å². The second kappa shape index (κ2) is 8.64.